The van der Waals surface area contributed by atoms with Crippen LogP contribution in [0.1, 0.15) is 11.1 Å². The molecule has 9 heteroatoms. The highest BCUT2D eigenvalue weighted by molar-refractivity contribution is 9.11. The molecule has 0 N–H and O–H groups in total. The molecule has 0 radical (unpaired) electrons. The molecule has 162 valence electrons. The Bertz CT molecular complexity index is 1210. The quantitative estimate of drug-likeness (QED) is 0.209. The number of carbonyl (C=O) groups is 1. The van der Waals surface area contributed by atoms with E-state index in [-0.39, 0.29) is 5.91 Å². The fraction of sp³-hybridized carbons (Fsp3) is 0.0435. The van der Waals surface area contributed by atoms with Crippen molar-refractivity contribution in [3.63, 3.8) is 0 Å². The zero-order valence-electron chi connectivity index (χ0n) is 16.2. The molecule has 1 heterocycles. The van der Waals surface area contributed by atoms with Crippen LogP contribution < -0.4 is 9.64 Å². The summed E-state index contributed by atoms with van der Waals surface area (Å²) in [6.07, 6.45) is 1.81. The first kappa shape index (κ1) is 23.8. The second-order valence-electron chi connectivity index (χ2n) is 6.72. The maximum absolute atomic E-state index is 13.0. The Labute approximate surface area is 222 Å². The van der Waals surface area contributed by atoms with Gasteiger partial charge in [0.25, 0.3) is 5.91 Å². The third-order valence-electron chi connectivity index (χ3n) is 4.49. The number of rotatable bonds is 5. The van der Waals surface area contributed by atoms with E-state index in [9.17, 15) is 4.79 Å². The van der Waals surface area contributed by atoms with Crippen LogP contribution in [0.4, 0.5) is 5.69 Å². The first-order chi connectivity index (χ1) is 15.3. The smallest absolute Gasteiger partial charge is 0.270 e. The second kappa shape index (κ2) is 10.3. The topological polar surface area (TPSA) is 29.5 Å². The lowest BCUT2D eigenvalue weighted by atomic mass is 10.2. The Kier molecular flexibility index (Phi) is 7.65. The van der Waals surface area contributed by atoms with E-state index in [4.69, 9.17) is 40.2 Å². The average Bonchev–Trinajstić information content (AvgIpc) is 3.02. The van der Waals surface area contributed by atoms with Crippen molar-refractivity contribution in [1.82, 2.24) is 0 Å². The van der Waals surface area contributed by atoms with Crippen LogP contribution in [0.5, 0.6) is 5.75 Å². The maximum atomic E-state index is 13.0. The van der Waals surface area contributed by atoms with Crippen molar-refractivity contribution in [3.8, 4) is 5.75 Å². The minimum absolute atomic E-state index is 0.169. The molecule has 32 heavy (non-hydrogen) atoms. The lowest BCUT2D eigenvalue weighted by Gasteiger charge is -2.14. The number of amides is 1. The Hall–Kier alpha value is -1.35. The van der Waals surface area contributed by atoms with Crippen molar-refractivity contribution in [2.24, 2.45) is 0 Å². The molecule has 0 bridgehead atoms. The van der Waals surface area contributed by atoms with E-state index in [0.29, 0.717) is 37.3 Å². The molecule has 0 aliphatic carbocycles. The van der Waals surface area contributed by atoms with Crippen LogP contribution in [0.15, 0.2) is 74.5 Å². The van der Waals surface area contributed by atoms with E-state index in [2.05, 4.69) is 31.9 Å². The van der Waals surface area contributed by atoms with Gasteiger partial charge in [0.2, 0.25) is 0 Å². The third-order valence-corrected chi connectivity index (χ3v) is 7.48. The highest BCUT2D eigenvalue weighted by Gasteiger charge is 2.33. The zero-order valence-corrected chi connectivity index (χ0v) is 22.5. The summed E-state index contributed by atoms with van der Waals surface area (Å²) in [6.45, 7) is 0.396. The number of nitrogens with zero attached hydrogens (tertiary/aromatic N) is 1. The van der Waals surface area contributed by atoms with Gasteiger partial charge in [0.15, 0.2) is 4.32 Å². The second-order valence-corrected chi connectivity index (χ2v) is 11.0. The molecule has 4 rings (SSSR count). The van der Waals surface area contributed by atoms with Gasteiger partial charge >= 0.3 is 0 Å². The Morgan fingerprint density at radius 1 is 0.969 bits per heavy atom. The normalized spacial score (nSPS) is 15.0. The van der Waals surface area contributed by atoms with Gasteiger partial charge in [0.1, 0.15) is 12.4 Å². The Balaban J connectivity index is 1.54. The summed E-state index contributed by atoms with van der Waals surface area (Å²) in [5.74, 6) is 0.503. The van der Waals surface area contributed by atoms with Crippen molar-refractivity contribution in [2.75, 3.05) is 4.90 Å². The van der Waals surface area contributed by atoms with Crippen molar-refractivity contribution in [1.29, 1.82) is 0 Å². The number of ether oxygens (including phenoxy) is 1. The maximum Gasteiger partial charge on any atom is 0.270 e. The lowest BCUT2D eigenvalue weighted by molar-refractivity contribution is -0.113. The number of halogens is 4. The van der Waals surface area contributed by atoms with Crippen molar-refractivity contribution >= 4 is 101 Å². The van der Waals surface area contributed by atoms with Gasteiger partial charge in [-0.25, -0.2) is 0 Å². The van der Waals surface area contributed by atoms with Crippen LogP contribution in [-0.4, -0.2) is 10.2 Å². The summed E-state index contributed by atoms with van der Waals surface area (Å²) in [5.41, 5.74) is 2.52. The number of hydrogen-bond donors (Lipinski definition) is 0. The molecule has 1 fully saturated rings. The van der Waals surface area contributed by atoms with Gasteiger partial charge in [0, 0.05) is 10.0 Å². The summed E-state index contributed by atoms with van der Waals surface area (Å²) in [5, 5.41) is 1.28. The number of hydrogen-bond acceptors (Lipinski definition) is 4. The van der Waals surface area contributed by atoms with Crippen molar-refractivity contribution < 1.29 is 9.53 Å². The van der Waals surface area contributed by atoms with Crippen LogP contribution in [0, 0.1) is 0 Å². The van der Waals surface area contributed by atoms with E-state index < -0.39 is 0 Å². The van der Waals surface area contributed by atoms with Gasteiger partial charge in [-0.2, -0.15) is 0 Å². The van der Waals surface area contributed by atoms with Gasteiger partial charge in [-0.05, 0) is 97.6 Å². The van der Waals surface area contributed by atoms with E-state index in [0.717, 1.165) is 20.1 Å². The van der Waals surface area contributed by atoms with Crippen LogP contribution >= 0.6 is 79.0 Å². The number of thioether (sulfide) groups is 1. The van der Waals surface area contributed by atoms with Gasteiger partial charge in [-0.1, -0.05) is 59.3 Å². The molecule has 1 aliphatic rings. The minimum atomic E-state index is -0.169. The SMILES string of the molecule is O=C1/C(=C/c2cc(Br)c(OCc3ccc(Cl)cc3)c(Br)c2)SC(=S)N1c1ccc(Cl)cc1. The summed E-state index contributed by atoms with van der Waals surface area (Å²) >= 11 is 25.7. The summed E-state index contributed by atoms with van der Waals surface area (Å²) in [4.78, 5) is 15.0. The molecule has 3 aromatic carbocycles. The monoisotopic (exact) mass is 627 g/mol. The highest BCUT2D eigenvalue weighted by atomic mass is 79.9. The molecule has 0 spiro atoms. The predicted molar refractivity (Wildman–Crippen MR) is 145 cm³/mol. The molecule has 0 saturated carbocycles. The van der Waals surface area contributed by atoms with Gasteiger partial charge in [0.05, 0.1) is 19.5 Å². The Morgan fingerprint density at radius 2 is 1.53 bits per heavy atom. The number of anilines is 1. The lowest BCUT2D eigenvalue weighted by Crippen LogP contribution is -2.27. The first-order valence-electron chi connectivity index (χ1n) is 9.21. The minimum Gasteiger partial charge on any atom is -0.487 e. The third kappa shape index (κ3) is 5.41. The van der Waals surface area contributed by atoms with E-state index >= 15 is 0 Å². The molecule has 0 unspecified atom stereocenters. The molecule has 0 atom stereocenters. The van der Waals surface area contributed by atoms with E-state index in [1.54, 1.807) is 24.3 Å². The average molecular weight is 630 g/mol. The fourth-order valence-electron chi connectivity index (χ4n) is 2.97. The van der Waals surface area contributed by atoms with E-state index in [1.165, 1.54) is 16.7 Å². The van der Waals surface area contributed by atoms with Crippen LogP contribution in [0.25, 0.3) is 6.08 Å². The van der Waals surface area contributed by atoms with Crippen LogP contribution in [-0.2, 0) is 11.4 Å². The molecular formula is C23H13Br2Cl2NO2S2. The Morgan fingerprint density at radius 3 is 2.12 bits per heavy atom. The molecule has 3 nitrogen and oxygen atoms in total. The summed E-state index contributed by atoms with van der Waals surface area (Å²) in [7, 11) is 0. The molecule has 1 saturated heterocycles. The zero-order chi connectivity index (χ0) is 22.8. The molecule has 0 aromatic heterocycles. The van der Waals surface area contributed by atoms with Gasteiger partial charge < -0.3 is 4.74 Å². The molecule has 1 amide bonds. The number of thiocarbonyl (C=S) groups is 1. The highest BCUT2D eigenvalue weighted by Crippen LogP contribution is 2.39. The summed E-state index contributed by atoms with van der Waals surface area (Å²) < 4.78 is 7.98. The predicted octanol–water partition coefficient (Wildman–Crippen LogP) is 8.50. The molecular weight excluding hydrogens is 617 g/mol. The van der Waals surface area contributed by atoms with Gasteiger partial charge in [-0.15, -0.1) is 0 Å². The van der Waals surface area contributed by atoms with Gasteiger partial charge in [-0.3, -0.25) is 9.69 Å². The number of benzene rings is 3. The summed E-state index contributed by atoms with van der Waals surface area (Å²) in [6, 6.07) is 18.3. The fourth-order valence-corrected chi connectivity index (χ4v) is 5.97. The van der Waals surface area contributed by atoms with Crippen LogP contribution in [0.2, 0.25) is 10.0 Å². The molecule has 3 aromatic rings. The van der Waals surface area contributed by atoms with Crippen LogP contribution in [0.3, 0.4) is 0 Å². The first-order valence-corrected chi connectivity index (χ1v) is 12.8. The van der Waals surface area contributed by atoms with E-state index in [1.807, 2.05) is 42.5 Å². The van der Waals surface area contributed by atoms with Crippen molar-refractivity contribution in [2.45, 2.75) is 6.61 Å². The largest absolute Gasteiger partial charge is 0.487 e. The van der Waals surface area contributed by atoms with Crippen molar-refractivity contribution in [3.05, 3.63) is 95.7 Å². The molecule has 1 aliphatic heterocycles. The standard InChI is InChI=1S/C23H13Br2Cl2NO2S2/c24-18-9-14(10-19(25)21(18)30-12-13-1-3-15(26)4-2-13)11-20-22(29)28(23(31)32-20)17-7-5-16(27)6-8-17/h1-11H,12H2/b20-11-. The number of carbonyl (C=O) groups excluding carboxylic acids is 1.